The molecule has 29 heavy (non-hydrogen) atoms. The number of rotatable bonds is 7. The van der Waals surface area contributed by atoms with Crippen molar-refractivity contribution in [3.8, 4) is 0 Å². The SMILES string of the molecule is C=C(/C=C(\C)C(=O)NC(NC(=S)Nc1cccc([N+](=O)[O-])c1)C(Cl)(Cl)Cl)[N+](=O)[O-]. The van der Waals surface area contributed by atoms with Gasteiger partial charge in [0.1, 0.15) is 6.17 Å². The van der Waals surface area contributed by atoms with Gasteiger partial charge in [0.2, 0.25) is 9.70 Å². The summed E-state index contributed by atoms with van der Waals surface area (Å²) in [5.41, 5.74) is -0.454. The Hall–Kier alpha value is -2.47. The monoisotopic (exact) mass is 481 g/mol. The van der Waals surface area contributed by atoms with Crippen LogP contribution < -0.4 is 16.0 Å². The predicted octanol–water partition coefficient (Wildman–Crippen LogP) is 3.43. The normalized spacial score (nSPS) is 12.5. The van der Waals surface area contributed by atoms with Crippen LogP contribution in [-0.2, 0) is 4.79 Å². The third kappa shape index (κ3) is 8.20. The molecule has 1 aromatic rings. The Morgan fingerprint density at radius 3 is 2.41 bits per heavy atom. The highest BCUT2D eigenvalue weighted by atomic mass is 35.6. The number of nitrogens with zero attached hydrogens (tertiary/aromatic N) is 2. The maximum Gasteiger partial charge on any atom is 0.271 e. The van der Waals surface area contributed by atoms with Gasteiger partial charge >= 0.3 is 0 Å². The van der Waals surface area contributed by atoms with Crippen LogP contribution in [0.3, 0.4) is 0 Å². The van der Waals surface area contributed by atoms with Crippen molar-refractivity contribution in [3.63, 3.8) is 0 Å². The molecule has 0 spiro atoms. The third-order valence-corrected chi connectivity index (χ3v) is 4.04. The number of nitro benzene ring substituents is 1. The summed E-state index contributed by atoms with van der Waals surface area (Å²) in [6.07, 6.45) is -0.393. The Morgan fingerprint density at radius 2 is 1.90 bits per heavy atom. The van der Waals surface area contributed by atoms with E-state index < -0.39 is 31.4 Å². The summed E-state index contributed by atoms with van der Waals surface area (Å²) < 4.78 is -2.07. The van der Waals surface area contributed by atoms with Crippen LogP contribution in [-0.4, -0.2) is 30.8 Å². The molecule has 1 rings (SSSR count). The van der Waals surface area contributed by atoms with Gasteiger partial charge in [0.25, 0.3) is 11.4 Å². The van der Waals surface area contributed by atoms with Crippen LogP contribution >= 0.6 is 47.0 Å². The van der Waals surface area contributed by atoms with Gasteiger partial charge in [0.05, 0.1) is 9.85 Å². The summed E-state index contributed by atoms with van der Waals surface area (Å²) in [6.45, 7) is 4.50. The molecule has 3 N–H and O–H groups in total. The van der Waals surface area contributed by atoms with Gasteiger partial charge in [-0.1, -0.05) is 40.9 Å². The number of non-ortho nitro benzene ring substituents is 1. The van der Waals surface area contributed by atoms with Gasteiger partial charge in [-0.25, -0.2) is 0 Å². The molecule has 1 atom stereocenters. The highest BCUT2D eigenvalue weighted by Crippen LogP contribution is 2.29. The lowest BCUT2D eigenvalue weighted by atomic mass is 10.2. The molecule has 0 aliphatic rings. The topological polar surface area (TPSA) is 139 Å². The van der Waals surface area contributed by atoms with Gasteiger partial charge in [0.15, 0.2) is 5.11 Å². The van der Waals surface area contributed by atoms with Gasteiger partial charge in [-0.15, -0.1) is 0 Å². The first-order valence-electron chi connectivity index (χ1n) is 7.52. The second-order valence-corrected chi connectivity index (χ2v) is 8.21. The molecular formula is C15H14Cl3N5O5S. The molecule has 14 heteroatoms. The highest BCUT2D eigenvalue weighted by Gasteiger charge is 2.35. The Labute approximate surface area is 185 Å². The van der Waals surface area contributed by atoms with Crippen molar-refractivity contribution in [1.82, 2.24) is 10.6 Å². The summed E-state index contributed by atoms with van der Waals surface area (Å²) in [4.78, 5) is 32.3. The van der Waals surface area contributed by atoms with Crippen molar-refractivity contribution < 1.29 is 14.6 Å². The number of hydrogen-bond donors (Lipinski definition) is 3. The van der Waals surface area contributed by atoms with E-state index in [2.05, 4.69) is 22.5 Å². The van der Waals surface area contributed by atoms with E-state index in [9.17, 15) is 25.0 Å². The lowest BCUT2D eigenvalue weighted by Crippen LogP contribution is -2.56. The molecule has 0 heterocycles. The Bertz CT molecular complexity index is 887. The van der Waals surface area contributed by atoms with Crippen molar-refractivity contribution >= 4 is 69.4 Å². The van der Waals surface area contributed by atoms with E-state index in [-0.39, 0.29) is 22.1 Å². The summed E-state index contributed by atoms with van der Waals surface area (Å²) in [5.74, 6) is -0.782. The molecule has 0 aliphatic heterocycles. The number of carbonyl (C=O) groups excluding carboxylic acids is 1. The minimum Gasteiger partial charge on any atom is -0.339 e. The zero-order chi connectivity index (χ0) is 22.4. The Balaban J connectivity index is 2.89. The molecule has 0 aromatic heterocycles. The predicted molar refractivity (Wildman–Crippen MR) is 115 cm³/mol. The number of anilines is 1. The van der Waals surface area contributed by atoms with Gasteiger partial charge in [-0.3, -0.25) is 25.0 Å². The number of carbonyl (C=O) groups is 1. The fraction of sp³-hybridized carbons (Fsp3) is 0.200. The zero-order valence-corrected chi connectivity index (χ0v) is 17.7. The van der Waals surface area contributed by atoms with E-state index in [1.54, 1.807) is 0 Å². The van der Waals surface area contributed by atoms with Crippen LogP contribution in [0, 0.1) is 20.2 Å². The summed E-state index contributed by atoms with van der Waals surface area (Å²) in [5, 5.41) is 28.9. The molecule has 156 valence electrons. The highest BCUT2D eigenvalue weighted by molar-refractivity contribution is 7.80. The first-order valence-corrected chi connectivity index (χ1v) is 9.06. The number of hydrogen-bond acceptors (Lipinski definition) is 6. The number of halogens is 3. The lowest BCUT2D eigenvalue weighted by Gasteiger charge is -2.27. The van der Waals surface area contributed by atoms with E-state index in [1.165, 1.54) is 31.2 Å². The molecule has 0 bridgehead atoms. The first kappa shape index (κ1) is 24.6. The lowest BCUT2D eigenvalue weighted by molar-refractivity contribution is -0.418. The van der Waals surface area contributed by atoms with E-state index in [1.807, 2.05) is 0 Å². The molecule has 0 saturated carbocycles. The fourth-order valence-corrected chi connectivity index (χ4v) is 2.37. The fourth-order valence-electron chi connectivity index (χ4n) is 1.81. The Morgan fingerprint density at radius 1 is 1.28 bits per heavy atom. The molecule has 0 aliphatic carbocycles. The van der Waals surface area contributed by atoms with Gasteiger partial charge < -0.3 is 16.0 Å². The van der Waals surface area contributed by atoms with E-state index >= 15 is 0 Å². The second-order valence-electron chi connectivity index (χ2n) is 5.43. The second kappa shape index (κ2) is 10.3. The van der Waals surface area contributed by atoms with Crippen LogP contribution in [0.4, 0.5) is 11.4 Å². The number of amides is 1. The van der Waals surface area contributed by atoms with Crippen molar-refractivity contribution in [2.45, 2.75) is 16.9 Å². The van der Waals surface area contributed by atoms with Crippen LogP contribution in [0.25, 0.3) is 0 Å². The number of allylic oxidation sites excluding steroid dienone is 1. The molecule has 1 amide bonds. The smallest absolute Gasteiger partial charge is 0.271 e. The standard InChI is InChI=1S/C15H14Cl3N5O5S/c1-8(6-9(2)22(25)26)12(24)20-13(15(16,17)18)21-14(29)19-10-4-3-5-11(7-10)23(27)28/h3-7,13H,2H2,1H3,(H,20,24)(H2,19,21,29)/b8-6+. The van der Waals surface area contributed by atoms with Crippen molar-refractivity contribution in [1.29, 1.82) is 0 Å². The molecule has 1 aromatic carbocycles. The van der Waals surface area contributed by atoms with Gasteiger partial charge in [0, 0.05) is 29.5 Å². The summed E-state index contributed by atoms with van der Waals surface area (Å²) >= 11 is 22.6. The first-order chi connectivity index (χ1) is 13.3. The van der Waals surface area contributed by atoms with E-state index in [0.717, 1.165) is 6.08 Å². The average Bonchev–Trinajstić information content (AvgIpc) is 2.60. The molecule has 0 fully saturated rings. The molecule has 0 saturated heterocycles. The number of nitro groups is 2. The quantitative estimate of drug-likeness (QED) is 0.102. The summed E-state index contributed by atoms with van der Waals surface area (Å²) in [7, 11) is 0. The largest absolute Gasteiger partial charge is 0.339 e. The van der Waals surface area contributed by atoms with Crippen LogP contribution in [0.2, 0.25) is 0 Å². The number of nitrogens with one attached hydrogen (secondary N) is 3. The molecular weight excluding hydrogens is 469 g/mol. The van der Waals surface area contributed by atoms with Crippen molar-refractivity contribution in [3.05, 3.63) is 68.4 Å². The van der Waals surface area contributed by atoms with E-state index in [0.29, 0.717) is 0 Å². The van der Waals surface area contributed by atoms with Crippen LogP contribution in [0.5, 0.6) is 0 Å². The number of benzene rings is 1. The van der Waals surface area contributed by atoms with E-state index in [4.69, 9.17) is 47.0 Å². The van der Waals surface area contributed by atoms with Gasteiger partial charge in [-0.05, 0) is 31.8 Å². The minimum absolute atomic E-state index is 0.0645. The summed E-state index contributed by atoms with van der Waals surface area (Å²) in [6, 6.07) is 5.47. The van der Waals surface area contributed by atoms with Crippen molar-refractivity contribution in [2.75, 3.05) is 5.32 Å². The van der Waals surface area contributed by atoms with Gasteiger partial charge in [-0.2, -0.15) is 0 Å². The number of thiocarbonyl (C=S) groups is 1. The van der Waals surface area contributed by atoms with Crippen LogP contribution in [0.15, 0.2) is 48.2 Å². The average molecular weight is 483 g/mol. The minimum atomic E-state index is -2.07. The van der Waals surface area contributed by atoms with Crippen molar-refractivity contribution in [2.24, 2.45) is 0 Å². The Kier molecular flexibility index (Phi) is 8.77. The zero-order valence-electron chi connectivity index (χ0n) is 14.6. The maximum absolute atomic E-state index is 12.2. The maximum atomic E-state index is 12.2. The molecule has 10 nitrogen and oxygen atoms in total. The molecule has 0 radical (unpaired) electrons. The third-order valence-electron chi connectivity index (χ3n) is 3.17. The number of alkyl halides is 3. The van der Waals surface area contributed by atoms with Crippen LogP contribution in [0.1, 0.15) is 6.92 Å². The molecule has 1 unspecified atom stereocenters.